The number of urea groups is 1. The Morgan fingerprint density at radius 3 is 2.50 bits per heavy atom. The first-order valence-corrected chi connectivity index (χ1v) is 11.1. The maximum Gasteiger partial charge on any atom is 0.573 e. The average molecular weight is 477 g/mol. The van der Waals surface area contributed by atoms with Gasteiger partial charge in [0.25, 0.3) is 0 Å². The minimum atomic E-state index is -4.76. The van der Waals surface area contributed by atoms with Gasteiger partial charge in [0.05, 0.1) is 0 Å². The third kappa shape index (κ3) is 5.99. The van der Waals surface area contributed by atoms with Crippen LogP contribution in [0.2, 0.25) is 0 Å². The third-order valence-electron chi connectivity index (χ3n) is 5.88. The first-order chi connectivity index (χ1) is 16.3. The van der Waals surface area contributed by atoms with Crippen LogP contribution < -0.4 is 10.1 Å². The van der Waals surface area contributed by atoms with Gasteiger partial charge in [0.15, 0.2) is 0 Å². The second-order valence-electron chi connectivity index (χ2n) is 8.29. The first kappa shape index (κ1) is 23.9. The SMILES string of the molecule is O=C1COCCCN(C(=O)N2CC(c3ccc(-c4ccccc4OC(F)(F)F)cc3)C2)CCN1. The van der Waals surface area contributed by atoms with Gasteiger partial charge in [-0.2, -0.15) is 0 Å². The van der Waals surface area contributed by atoms with Crippen LogP contribution in [0.3, 0.4) is 0 Å². The number of nitrogens with one attached hydrogen (secondary N) is 1. The zero-order valence-electron chi connectivity index (χ0n) is 18.5. The van der Waals surface area contributed by atoms with Crippen molar-refractivity contribution in [3.05, 3.63) is 54.1 Å². The van der Waals surface area contributed by atoms with Gasteiger partial charge in [-0.1, -0.05) is 42.5 Å². The average Bonchev–Trinajstić information content (AvgIpc) is 2.77. The Balaban J connectivity index is 1.35. The minimum absolute atomic E-state index is 0.0431. The number of ether oxygens (including phenoxy) is 2. The van der Waals surface area contributed by atoms with Crippen molar-refractivity contribution in [3.63, 3.8) is 0 Å². The molecule has 0 unspecified atom stereocenters. The fourth-order valence-corrected chi connectivity index (χ4v) is 4.11. The molecule has 2 aromatic rings. The molecule has 4 rings (SSSR count). The zero-order valence-corrected chi connectivity index (χ0v) is 18.5. The molecule has 2 aliphatic rings. The van der Waals surface area contributed by atoms with Gasteiger partial charge in [-0.25, -0.2) is 4.79 Å². The summed E-state index contributed by atoms with van der Waals surface area (Å²) in [7, 11) is 0. The van der Waals surface area contributed by atoms with Crippen molar-refractivity contribution < 1.29 is 32.2 Å². The number of benzene rings is 2. The van der Waals surface area contributed by atoms with Gasteiger partial charge in [-0.3, -0.25) is 4.79 Å². The lowest BCUT2D eigenvalue weighted by Gasteiger charge is -2.42. The number of hydrogen-bond donors (Lipinski definition) is 1. The highest BCUT2D eigenvalue weighted by molar-refractivity contribution is 5.78. The van der Waals surface area contributed by atoms with E-state index in [0.29, 0.717) is 56.9 Å². The molecule has 2 heterocycles. The summed E-state index contributed by atoms with van der Waals surface area (Å²) in [6, 6.07) is 13.3. The number of halogens is 3. The molecule has 0 bridgehead atoms. The van der Waals surface area contributed by atoms with Gasteiger partial charge in [0.1, 0.15) is 12.4 Å². The van der Waals surface area contributed by atoms with Crippen molar-refractivity contribution >= 4 is 11.9 Å². The molecular weight excluding hydrogens is 451 g/mol. The molecule has 0 saturated carbocycles. The highest BCUT2D eigenvalue weighted by Crippen LogP contribution is 2.35. The van der Waals surface area contributed by atoms with Gasteiger partial charge in [0, 0.05) is 50.8 Å². The molecule has 10 heteroatoms. The van der Waals surface area contributed by atoms with Crippen molar-refractivity contribution in [2.75, 3.05) is 45.9 Å². The number of carbonyl (C=O) groups excluding carboxylic acids is 2. The summed E-state index contributed by atoms with van der Waals surface area (Å²) < 4.78 is 47.6. The number of rotatable bonds is 3. The van der Waals surface area contributed by atoms with Crippen LogP contribution in [0.4, 0.5) is 18.0 Å². The maximum absolute atomic E-state index is 12.9. The number of hydrogen-bond acceptors (Lipinski definition) is 4. The fourth-order valence-electron chi connectivity index (χ4n) is 4.11. The third-order valence-corrected chi connectivity index (χ3v) is 5.88. The van der Waals surface area contributed by atoms with Crippen molar-refractivity contribution in [1.82, 2.24) is 15.1 Å². The normalized spacial score (nSPS) is 18.1. The molecule has 1 N–H and O–H groups in total. The van der Waals surface area contributed by atoms with Crippen LogP contribution in [-0.4, -0.2) is 74.0 Å². The lowest BCUT2D eigenvalue weighted by molar-refractivity contribution is -0.274. The van der Waals surface area contributed by atoms with Crippen LogP contribution in [0.25, 0.3) is 11.1 Å². The van der Waals surface area contributed by atoms with Crippen LogP contribution >= 0.6 is 0 Å². The molecule has 2 fully saturated rings. The Hall–Kier alpha value is -3.27. The van der Waals surface area contributed by atoms with E-state index in [-0.39, 0.29) is 30.2 Å². The van der Waals surface area contributed by atoms with E-state index in [4.69, 9.17) is 4.74 Å². The van der Waals surface area contributed by atoms with Crippen LogP contribution in [0.15, 0.2) is 48.5 Å². The maximum atomic E-state index is 12.9. The number of para-hydroxylation sites is 1. The predicted octanol–water partition coefficient (Wildman–Crippen LogP) is 3.61. The monoisotopic (exact) mass is 477 g/mol. The Kier molecular flexibility index (Phi) is 7.26. The number of alkyl halides is 3. The van der Waals surface area contributed by atoms with Crippen LogP contribution in [-0.2, 0) is 9.53 Å². The van der Waals surface area contributed by atoms with Crippen LogP contribution in [0, 0.1) is 0 Å². The predicted molar refractivity (Wildman–Crippen MR) is 118 cm³/mol. The topological polar surface area (TPSA) is 71.1 Å². The second kappa shape index (κ2) is 10.3. The highest BCUT2D eigenvalue weighted by Gasteiger charge is 2.34. The van der Waals surface area contributed by atoms with E-state index >= 15 is 0 Å². The Labute approximate surface area is 195 Å². The fraction of sp³-hybridized carbons (Fsp3) is 0.417. The molecule has 2 aromatic carbocycles. The lowest BCUT2D eigenvalue weighted by atomic mass is 9.90. The summed E-state index contributed by atoms with van der Waals surface area (Å²) in [5, 5.41) is 2.73. The van der Waals surface area contributed by atoms with Crippen LogP contribution in [0.5, 0.6) is 5.75 Å². The minimum Gasteiger partial charge on any atom is -0.405 e. The second-order valence-corrected chi connectivity index (χ2v) is 8.29. The van der Waals surface area contributed by atoms with E-state index < -0.39 is 6.36 Å². The lowest BCUT2D eigenvalue weighted by Crippen LogP contribution is -2.55. The van der Waals surface area contributed by atoms with E-state index in [9.17, 15) is 22.8 Å². The first-order valence-electron chi connectivity index (χ1n) is 11.1. The molecule has 182 valence electrons. The van der Waals surface area contributed by atoms with E-state index in [1.54, 1.807) is 34.1 Å². The van der Waals surface area contributed by atoms with Gasteiger partial charge in [0.2, 0.25) is 5.91 Å². The van der Waals surface area contributed by atoms with Crippen molar-refractivity contribution in [3.8, 4) is 16.9 Å². The molecule has 0 atom stereocenters. The van der Waals surface area contributed by atoms with E-state index in [1.165, 1.54) is 12.1 Å². The van der Waals surface area contributed by atoms with E-state index in [2.05, 4.69) is 10.1 Å². The Bertz CT molecular complexity index is 1010. The van der Waals surface area contributed by atoms with Gasteiger partial charge in [-0.05, 0) is 23.6 Å². The molecular formula is C24H26F3N3O4. The van der Waals surface area contributed by atoms with Crippen LogP contribution in [0.1, 0.15) is 17.9 Å². The largest absolute Gasteiger partial charge is 0.573 e. The summed E-state index contributed by atoms with van der Waals surface area (Å²) in [5.74, 6) is -0.276. The summed E-state index contributed by atoms with van der Waals surface area (Å²) >= 11 is 0. The van der Waals surface area contributed by atoms with E-state index in [1.807, 2.05) is 12.1 Å². The number of likely N-dealkylation sites (tertiary alicyclic amines) is 1. The molecule has 0 aliphatic carbocycles. The summed E-state index contributed by atoms with van der Waals surface area (Å²) in [4.78, 5) is 27.9. The zero-order chi connectivity index (χ0) is 24.1. The Morgan fingerprint density at radius 1 is 1.03 bits per heavy atom. The van der Waals surface area contributed by atoms with Gasteiger partial charge >= 0.3 is 12.4 Å². The summed E-state index contributed by atoms with van der Waals surface area (Å²) in [6.45, 7) is 2.97. The molecule has 2 aliphatic heterocycles. The molecule has 0 aromatic heterocycles. The number of carbonyl (C=O) groups is 2. The highest BCUT2D eigenvalue weighted by atomic mass is 19.4. The quantitative estimate of drug-likeness (QED) is 0.733. The molecule has 7 nitrogen and oxygen atoms in total. The molecule has 3 amide bonds. The summed E-state index contributed by atoms with van der Waals surface area (Å²) in [6.07, 6.45) is -4.10. The smallest absolute Gasteiger partial charge is 0.405 e. The molecule has 0 radical (unpaired) electrons. The van der Waals surface area contributed by atoms with E-state index in [0.717, 1.165) is 5.56 Å². The molecule has 2 saturated heterocycles. The van der Waals surface area contributed by atoms with Crippen molar-refractivity contribution in [2.45, 2.75) is 18.7 Å². The number of nitrogens with zero attached hydrogens (tertiary/aromatic N) is 2. The molecule has 0 spiro atoms. The van der Waals surface area contributed by atoms with Crippen molar-refractivity contribution in [2.24, 2.45) is 0 Å². The molecule has 34 heavy (non-hydrogen) atoms. The summed E-state index contributed by atoms with van der Waals surface area (Å²) in [5.41, 5.74) is 1.99. The standard InChI is InChI=1S/C24H26F3N3O4/c25-24(26,27)34-21-5-2-1-4-20(21)18-8-6-17(7-9-18)19-14-30(15-19)23(32)29-11-3-13-33-16-22(31)28-10-12-29/h1-2,4-9,19H,3,10-16H2,(H,28,31). The van der Waals surface area contributed by atoms with Crippen molar-refractivity contribution in [1.29, 1.82) is 0 Å². The Morgan fingerprint density at radius 2 is 1.76 bits per heavy atom. The number of amides is 3. The van der Waals surface area contributed by atoms with Gasteiger partial charge in [-0.15, -0.1) is 13.2 Å². The van der Waals surface area contributed by atoms with Gasteiger partial charge < -0.3 is 24.6 Å².